The summed E-state index contributed by atoms with van der Waals surface area (Å²) in [7, 11) is 0. The van der Waals surface area contributed by atoms with Gasteiger partial charge < -0.3 is 10.1 Å². The Labute approximate surface area is 127 Å². The smallest absolute Gasteiger partial charge is 0.310 e. The van der Waals surface area contributed by atoms with Crippen LogP contribution in [0.15, 0.2) is 54.6 Å². The predicted octanol–water partition coefficient (Wildman–Crippen LogP) is 3.59. The van der Waals surface area contributed by atoms with Gasteiger partial charge in [0, 0.05) is 22.0 Å². The molecule has 0 bridgehead atoms. The van der Waals surface area contributed by atoms with Crippen molar-refractivity contribution in [1.82, 2.24) is 4.98 Å². The molecule has 1 aromatic heterocycles. The highest BCUT2D eigenvalue weighted by atomic mass is 16.4. The van der Waals surface area contributed by atoms with Gasteiger partial charge in [0.2, 0.25) is 5.78 Å². The van der Waals surface area contributed by atoms with Crippen molar-refractivity contribution in [3.05, 3.63) is 71.4 Å². The molecule has 0 aliphatic carbocycles. The molecule has 1 atom stereocenters. The van der Waals surface area contributed by atoms with E-state index in [9.17, 15) is 14.7 Å². The van der Waals surface area contributed by atoms with Gasteiger partial charge in [-0.2, -0.15) is 0 Å². The summed E-state index contributed by atoms with van der Waals surface area (Å²) >= 11 is 0. The Hall–Kier alpha value is -2.88. The average molecular weight is 293 g/mol. The molecule has 0 saturated heterocycles. The van der Waals surface area contributed by atoms with Crippen LogP contribution >= 0.6 is 0 Å². The first-order valence-electron chi connectivity index (χ1n) is 7.02. The summed E-state index contributed by atoms with van der Waals surface area (Å²) in [6.45, 7) is 1.60. The zero-order valence-corrected chi connectivity index (χ0v) is 12.0. The van der Waals surface area contributed by atoms with Gasteiger partial charge in [-0.15, -0.1) is 0 Å². The van der Waals surface area contributed by atoms with Gasteiger partial charge >= 0.3 is 5.97 Å². The Kier molecular flexibility index (Phi) is 3.51. The van der Waals surface area contributed by atoms with Crippen molar-refractivity contribution in [3.8, 4) is 0 Å². The Balaban J connectivity index is 2.23. The van der Waals surface area contributed by atoms with Crippen molar-refractivity contribution in [2.75, 3.05) is 0 Å². The van der Waals surface area contributed by atoms with Crippen LogP contribution in [0.5, 0.6) is 0 Å². The minimum atomic E-state index is -0.952. The summed E-state index contributed by atoms with van der Waals surface area (Å²) in [6.07, 6.45) is 0. The quantitative estimate of drug-likeness (QED) is 0.722. The first-order valence-corrected chi connectivity index (χ1v) is 7.02. The van der Waals surface area contributed by atoms with Gasteiger partial charge in [0.05, 0.1) is 11.6 Å². The molecule has 2 aromatic carbocycles. The van der Waals surface area contributed by atoms with Crippen LogP contribution in [0.4, 0.5) is 0 Å². The lowest BCUT2D eigenvalue weighted by Crippen LogP contribution is -2.12. The van der Waals surface area contributed by atoms with E-state index < -0.39 is 11.9 Å². The standard InChI is InChI=1S/C18H15NO3/c1-11(18(21)22)15-13-9-5-6-10-14(13)19-16(15)17(20)12-7-3-2-4-8-12/h2-11,19H,1H3,(H,21,22). The Morgan fingerprint density at radius 1 is 1.00 bits per heavy atom. The van der Waals surface area contributed by atoms with Crippen LogP contribution in [-0.4, -0.2) is 21.8 Å². The van der Waals surface area contributed by atoms with Crippen LogP contribution in [0.2, 0.25) is 0 Å². The van der Waals surface area contributed by atoms with Crippen molar-refractivity contribution in [2.45, 2.75) is 12.8 Å². The first-order chi connectivity index (χ1) is 10.6. The molecule has 0 aliphatic rings. The molecule has 4 nitrogen and oxygen atoms in total. The molecule has 0 spiro atoms. The maximum atomic E-state index is 12.7. The Bertz CT molecular complexity index is 849. The third-order valence-electron chi connectivity index (χ3n) is 3.81. The number of nitrogens with one attached hydrogen (secondary N) is 1. The number of hydrogen-bond donors (Lipinski definition) is 2. The van der Waals surface area contributed by atoms with Crippen LogP contribution in [0.3, 0.4) is 0 Å². The molecule has 0 radical (unpaired) electrons. The van der Waals surface area contributed by atoms with Crippen molar-refractivity contribution in [2.24, 2.45) is 0 Å². The van der Waals surface area contributed by atoms with E-state index in [4.69, 9.17) is 0 Å². The number of carboxylic acid groups (broad SMARTS) is 1. The number of carboxylic acids is 1. The lowest BCUT2D eigenvalue weighted by atomic mass is 9.94. The van der Waals surface area contributed by atoms with Crippen LogP contribution in [0.25, 0.3) is 10.9 Å². The molecule has 0 aliphatic heterocycles. The number of ketones is 1. The number of fused-ring (bicyclic) bond motifs is 1. The summed E-state index contributed by atoms with van der Waals surface area (Å²) in [5.41, 5.74) is 2.19. The van der Waals surface area contributed by atoms with Gasteiger partial charge in [0.15, 0.2) is 0 Å². The topological polar surface area (TPSA) is 70.2 Å². The zero-order chi connectivity index (χ0) is 15.7. The van der Waals surface area contributed by atoms with E-state index >= 15 is 0 Å². The molecular formula is C18H15NO3. The molecule has 0 saturated carbocycles. The summed E-state index contributed by atoms with van der Waals surface area (Å²) in [4.78, 5) is 27.3. The van der Waals surface area contributed by atoms with Crippen LogP contribution in [-0.2, 0) is 4.79 Å². The van der Waals surface area contributed by atoms with Crippen LogP contribution in [0.1, 0.15) is 34.5 Å². The lowest BCUT2D eigenvalue weighted by molar-refractivity contribution is -0.138. The van der Waals surface area contributed by atoms with Gasteiger partial charge in [0.25, 0.3) is 0 Å². The molecule has 22 heavy (non-hydrogen) atoms. The number of aliphatic carboxylic acids is 1. The monoisotopic (exact) mass is 293 g/mol. The Morgan fingerprint density at radius 3 is 2.32 bits per heavy atom. The second-order valence-electron chi connectivity index (χ2n) is 5.21. The maximum Gasteiger partial charge on any atom is 0.310 e. The highest BCUT2D eigenvalue weighted by molar-refractivity contribution is 6.12. The number of aromatic amines is 1. The van der Waals surface area contributed by atoms with E-state index in [-0.39, 0.29) is 5.78 Å². The number of rotatable bonds is 4. The molecule has 3 rings (SSSR count). The fourth-order valence-electron chi connectivity index (χ4n) is 2.65. The molecule has 1 unspecified atom stereocenters. The van der Waals surface area contributed by atoms with Gasteiger partial charge in [0.1, 0.15) is 0 Å². The second-order valence-corrected chi connectivity index (χ2v) is 5.21. The first kappa shape index (κ1) is 14.1. The molecular weight excluding hydrogens is 278 g/mol. The van der Waals surface area contributed by atoms with Gasteiger partial charge in [-0.05, 0) is 13.0 Å². The van der Waals surface area contributed by atoms with Gasteiger partial charge in [-0.1, -0.05) is 48.5 Å². The van der Waals surface area contributed by atoms with Gasteiger partial charge in [-0.25, -0.2) is 0 Å². The van der Waals surface area contributed by atoms with E-state index in [0.717, 1.165) is 10.9 Å². The van der Waals surface area contributed by atoms with Crippen molar-refractivity contribution < 1.29 is 14.7 Å². The fraction of sp³-hybridized carbons (Fsp3) is 0.111. The highest BCUT2D eigenvalue weighted by Crippen LogP contribution is 2.31. The molecule has 3 aromatic rings. The number of carbonyl (C=O) groups excluding carboxylic acids is 1. The summed E-state index contributed by atoms with van der Waals surface area (Å²) in [5, 5.41) is 10.1. The number of hydrogen-bond acceptors (Lipinski definition) is 2. The van der Waals surface area contributed by atoms with E-state index in [2.05, 4.69) is 4.98 Å². The number of para-hydroxylation sites is 1. The second kappa shape index (κ2) is 5.48. The molecule has 2 N–H and O–H groups in total. The molecule has 4 heteroatoms. The highest BCUT2D eigenvalue weighted by Gasteiger charge is 2.26. The van der Waals surface area contributed by atoms with Crippen molar-refractivity contribution in [3.63, 3.8) is 0 Å². The number of aromatic nitrogens is 1. The Morgan fingerprint density at radius 2 is 1.64 bits per heavy atom. The van der Waals surface area contributed by atoms with E-state index in [1.807, 2.05) is 30.3 Å². The average Bonchev–Trinajstić information content (AvgIpc) is 2.93. The van der Waals surface area contributed by atoms with E-state index in [1.54, 1.807) is 31.2 Å². The predicted molar refractivity (Wildman–Crippen MR) is 84.2 cm³/mol. The minimum Gasteiger partial charge on any atom is -0.481 e. The lowest BCUT2D eigenvalue weighted by Gasteiger charge is -2.08. The molecule has 0 fully saturated rings. The normalized spacial score (nSPS) is 12.2. The fourth-order valence-corrected chi connectivity index (χ4v) is 2.65. The van der Waals surface area contributed by atoms with Crippen molar-refractivity contribution >= 4 is 22.7 Å². The van der Waals surface area contributed by atoms with E-state index in [0.29, 0.717) is 16.8 Å². The molecule has 0 amide bonds. The van der Waals surface area contributed by atoms with E-state index in [1.165, 1.54) is 0 Å². The van der Waals surface area contributed by atoms with Gasteiger partial charge in [-0.3, -0.25) is 9.59 Å². The molecule has 1 heterocycles. The SMILES string of the molecule is CC(C(=O)O)c1c(C(=O)c2ccccc2)[nH]c2ccccc12. The van der Waals surface area contributed by atoms with Crippen molar-refractivity contribution in [1.29, 1.82) is 0 Å². The molecule has 110 valence electrons. The third-order valence-corrected chi connectivity index (χ3v) is 3.81. The van der Waals surface area contributed by atoms with Crippen LogP contribution in [0, 0.1) is 0 Å². The third kappa shape index (κ3) is 2.29. The zero-order valence-electron chi connectivity index (χ0n) is 12.0. The number of benzene rings is 2. The summed E-state index contributed by atoms with van der Waals surface area (Å²) < 4.78 is 0. The summed E-state index contributed by atoms with van der Waals surface area (Å²) in [5.74, 6) is -1.91. The minimum absolute atomic E-state index is 0.195. The number of H-pyrrole nitrogens is 1. The largest absolute Gasteiger partial charge is 0.481 e. The number of carbonyl (C=O) groups is 2. The summed E-state index contributed by atoms with van der Waals surface area (Å²) in [6, 6.07) is 16.2. The maximum absolute atomic E-state index is 12.7. The van der Waals surface area contributed by atoms with Crippen LogP contribution < -0.4 is 0 Å².